The van der Waals surface area contributed by atoms with E-state index in [1.807, 2.05) is 18.7 Å². The van der Waals surface area contributed by atoms with Crippen LogP contribution in [0, 0.1) is 0 Å². The van der Waals surface area contributed by atoms with E-state index < -0.39 is 29.3 Å². The number of hydrogen-bond donors (Lipinski definition) is 12. The van der Waals surface area contributed by atoms with Gasteiger partial charge in [0.25, 0.3) is 0 Å². The van der Waals surface area contributed by atoms with Gasteiger partial charge < -0.3 is 74.7 Å². The number of nitrogens with zero attached hydrogens (tertiary/aromatic N) is 4. The SMILES string of the molecule is CCN1C=CN(C)C1CCn1ccnc1.OB(O)O.OB(O)O.OB(O)O.OB(O)O. The number of rotatable bonds is 4. The lowest BCUT2D eigenvalue weighted by Crippen LogP contribution is -2.37. The van der Waals surface area contributed by atoms with Gasteiger partial charge in [-0.2, -0.15) is 0 Å². The fraction of sp³-hybridized carbons (Fsp3) is 0.545. The monoisotopic (exact) mass is 454 g/mol. The van der Waals surface area contributed by atoms with Gasteiger partial charge in [-0.3, -0.25) is 0 Å². The molecule has 31 heavy (non-hydrogen) atoms. The summed E-state index contributed by atoms with van der Waals surface area (Å²) in [4.78, 5) is 8.67. The summed E-state index contributed by atoms with van der Waals surface area (Å²) in [5.41, 5.74) is 0. The first-order valence-electron chi connectivity index (χ1n) is 8.53. The molecule has 1 aliphatic rings. The number of hydrogen-bond acceptors (Lipinski definition) is 15. The fourth-order valence-corrected chi connectivity index (χ4v) is 1.99. The highest BCUT2D eigenvalue weighted by molar-refractivity contribution is 6.31. The van der Waals surface area contributed by atoms with Gasteiger partial charge in [-0.1, -0.05) is 0 Å². The van der Waals surface area contributed by atoms with E-state index in [1.165, 1.54) is 0 Å². The van der Waals surface area contributed by atoms with Crippen molar-refractivity contribution in [2.45, 2.75) is 26.1 Å². The Labute approximate surface area is 180 Å². The summed E-state index contributed by atoms with van der Waals surface area (Å²) in [6.45, 7) is 4.27. The van der Waals surface area contributed by atoms with Crippen molar-refractivity contribution >= 4 is 29.3 Å². The number of aromatic nitrogens is 2. The second kappa shape index (κ2) is 21.6. The Kier molecular flexibility index (Phi) is 23.6. The van der Waals surface area contributed by atoms with Crippen LogP contribution in [0.3, 0.4) is 0 Å². The lowest BCUT2D eigenvalue weighted by Gasteiger charge is -2.29. The Balaban J connectivity index is -0.000000404. The molecule has 1 aromatic rings. The van der Waals surface area contributed by atoms with E-state index in [2.05, 4.69) is 45.7 Å². The highest BCUT2D eigenvalue weighted by Gasteiger charge is 2.21. The molecule has 0 bridgehead atoms. The minimum atomic E-state index is -2.17. The molecule has 2 heterocycles. The van der Waals surface area contributed by atoms with Crippen LogP contribution in [-0.4, -0.2) is 129 Å². The molecule has 2 rings (SSSR count). The second-order valence-electron chi connectivity index (χ2n) is 5.25. The summed E-state index contributed by atoms with van der Waals surface area (Å²) in [5, 5.41) is 86.0. The smallest absolute Gasteiger partial charge is 0.402 e. The van der Waals surface area contributed by atoms with Crippen LogP contribution >= 0.6 is 0 Å². The predicted octanol–water partition coefficient (Wildman–Crippen LogP) is -6.87. The van der Waals surface area contributed by atoms with E-state index in [9.17, 15) is 0 Å². The first-order chi connectivity index (χ1) is 14.2. The average Bonchev–Trinajstić information content (AvgIpc) is 3.20. The van der Waals surface area contributed by atoms with Crippen LogP contribution in [-0.2, 0) is 6.54 Å². The molecule has 0 spiro atoms. The summed E-state index contributed by atoms with van der Waals surface area (Å²) in [6.07, 6.45) is 11.6. The maximum absolute atomic E-state index is 7.17. The maximum atomic E-state index is 7.17. The normalized spacial score (nSPS) is 13.3. The van der Waals surface area contributed by atoms with Gasteiger partial charge in [-0.15, -0.1) is 0 Å². The number of aryl methyl sites for hydroxylation is 1. The largest absolute Gasteiger partial charge is 0.631 e. The van der Waals surface area contributed by atoms with Crippen molar-refractivity contribution in [2.75, 3.05) is 13.6 Å². The molecule has 0 saturated carbocycles. The molecule has 0 radical (unpaired) electrons. The van der Waals surface area contributed by atoms with Gasteiger partial charge in [0.15, 0.2) is 0 Å². The molecule has 0 aromatic carbocycles. The van der Waals surface area contributed by atoms with Gasteiger partial charge in [0.2, 0.25) is 0 Å². The fourth-order valence-electron chi connectivity index (χ4n) is 1.99. The van der Waals surface area contributed by atoms with E-state index in [1.54, 1.807) is 0 Å². The standard InChI is InChI=1S/C11H18N4.4BH3O3/c1-3-15-9-8-13(2)11(15)4-6-14-7-5-12-10-14;4*2-1(3)4/h5,7-11H,3-4,6H2,1-2H3;4*2-4H. The third kappa shape index (κ3) is 30.6. The first-order valence-corrected chi connectivity index (χ1v) is 8.53. The van der Waals surface area contributed by atoms with Gasteiger partial charge in [-0.05, 0) is 6.92 Å². The van der Waals surface area contributed by atoms with Crippen molar-refractivity contribution in [3.05, 3.63) is 31.1 Å². The Morgan fingerprint density at radius 2 is 1.19 bits per heavy atom. The molecule has 0 saturated heterocycles. The minimum absolute atomic E-state index is 0.498. The molecule has 0 aliphatic carbocycles. The highest BCUT2D eigenvalue weighted by Crippen LogP contribution is 2.16. The summed E-state index contributed by atoms with van der Waals surface area (Å²) in [6, 6.07) is 0. The van der Waals surface area contributed by atoms with Crippen molar-refractivity contribution in [2.24, 2.45) is 0 Å². The van der Waals surface area contributed by atoms with Crippen molar-refractivity contribution in [3.63, 3.8) is 0 Å². The van der Waals surface area contributed by atoms with Crippen LogP contribution < -0.4 is 0 Å². The van der Waals surface area contributed by atoms with E-state index >= 15 is 0 Å². The minimum Gasteiger partial charge on any atom is -0.402 e. The quantitative estimate of drug-likeness (QED) is 0.189. The van der Waals surface area contributed by atoms with Crippen molar-refractivity contribution < 1.29 is 60.3 Å². The van der Waals surface area contributed by atoms with Crippen molar-refractivity contribution in [1.82, 2.24) is 19.4 Å². The van der Waals surface area contributed by atoms with E-state index in [0.29, 0.717) is 6.17 Å². The van der Waals surface area contributed by atoms with Crippen LogP contribution in [0.4, 0.5) is 0 Å². The van der Waals surface area contributed by atoms with E-state index in [4.69, 9.17) is 60.3 Å². The van der Waals surface area contributed by atoms with Crippen molar-refractivity contribution in [1.29, 1.82) is 0 Å². The summed E-state index contributed by atoms with van der Waals surface area (Å²) in [7, 11) is -6.54. The van der Waals surface area contributed by atoms with Crippen LogP contribution in [0.25, 0.3) is 0 Å². The summed E-state index contributed by atoms with van der Waals surface area (Å²) >= 11 is 0. The zero-order valence-electron chi connectivity index (χ0n) is 17.1. The van der Waals surface area contributed by atoms with Crippen molar-refractivity contribution in [3.8, 4) is 0 Å². The van der Waals surface area contributed by atoms with Crippen LogP contribution in [0.1, 0.15) is 13.3 Å². The molecule has 1 atom stereocenters. The highest BCUT2D eigenvalue weighted by atomic mass is 16.5. The Bertz CT molecular complexity index is 480. The molecule has 1 aromatic heterocycles. The molecule has 0 fully saturated rings. The van der Waals surface area contributed by atoms with Crippen LogP contribution in [0.5, 0.6) is 0 Å². The maximum Gasteiger partial charge on any atom is 0.631 e. The third-order valence-corrected chi connectivity index (χ3v) is 2.92. The molecule has 16 nitrogen and oxygen atoms in total. The zero-order chi connectivity index (χ0) is 25.0. The second-order valence-corrected chi connectivity index (χ2v) is 5.25. The lowest BCUT2D eigenvalue weighted by molar-refractivity contribution is 0.165. The molecule has 178 valence electrons. The van der Waals surface area contributed by atoms with E-state index in [-0.39, 0.29) is 0 Å². The Morgan fingerprint density at radius 3 is 1.52 bits per heavy atom. The molecular weight excluding hydrogens is 423 g/mol. The molecule has 20 heteroatoms. The van der Waals surface area contributed by atoms with Gasteiger partial charge in [-0.25, -0.2) is 4.98 Å². The van der Waals surface area contributed by atoms with E-state index in [0.717, 1.165) is 19.5 Å². The Hall–Kier alpha value is -1.67. The van der Waals surface area contributed by atoms with Crippen LogP contribution in [0.2, 0.25) is 0 Å². The summed E-state index contributed by atoms with van der Waals surface area (Å²) in [5.74, 6) is 0. The molecule has 12 N–H and O–H groups in total. The van der Waals surface area contributed by atoms with Gasteiger partial charge in [0, 0.05) is 51.4 Å². The van der Waals surface area contributed by atoms with Gasteiger partial charge in [0.1, 0.15) is 6.17 Å². The molecule has 1 unspecified atom stereocenters. The van der Waals surface area contributed by atoms with Gasteiger partial charge >= 0.3 is 29.3 Å². The summed E-state index contributed by atoms with van der Waals surface area (Å²) < 4.78 is 2.12. The average molecular weight is 454 g/mol. The topological polar surface area (TPSA) is 267 Å². The first kappa shape index (κ1) is 34.0. The molecule has 1 aliphatic heterocycles. The zero-order valence-corrected chi connectivity index (χ0v) is 17.1. The predicted molar refractivity (Wildman–Crippen MR) is 110 cm³/mol. The molecule has 0 amide bonds. The third-order valence-electron chi connectivity index (χ3n) is 2.92. The molecular formula is C11H30B4N4O12. The van der Waals surface area contributed by atoms with Crippen LogP contribution in [0.15, 0.2) is 31.1 Å². The number of imidazole rings is 1. The van der Waals surface area contributed by atoms with Gasteiger partial charge in [0.05, 0.1) is 6.33 Å². The lowest BCUT2D eigenvalue weighted by atomic mass is 10.3. The Morgan fingerprint density at radius 1 is 0.774 bits per heavy atom.